The summed E-state index contributed by atoms with van der Waals surface area (Å²) in [4.78, 5) is 10.1. The van der Waals surface area contributed by atoms with Crippen LogP contribution in [0.15, 0.2) is 24.3 Å². The number of anilines is 2. The highest BCUT2D eigenvalue weighted by Crippen LogP contribution is 2.54. The average Bonchev–Trinajstić information content (AvgIpc) is 3.19. The quantitative estimate of drug-likeness (QED) is 0.598. The molecule has 7 nitrogen and oxygen atoms in total. The lowest BCUT2D eigenvalue weighted by Crippen LogP contribution is -2.51. The molecule has 208 valence electrons. The monoisotopic (exact) mass is 522 g/mol. The molecule has 3 aliphatic heterocycles. The minimum Gasteiger partial charge on any atom is -0.497 e. The molecule has 0 amide bonds. The molecule has 2 atom stereocenters. The Bertz CT molecular complexity index is 1130. The van der Waals surface area contributed by atoms with Crippen molar-refractivity contribution in [2.24, 2.45) is 0 Å². The summed E-state index contributed by atoms with van der Waals surface area (Å²) in [6.07, 6.45) is -0.588. The zero-order valence-corrected chi connectivity index (χ0v) is 24.4. The van der Waals surface area contributed by atoms with E-state index in [1.54, 1.807) is 7.11 Å². The number of aliphatic hydroxyl groups excluding tert-OH is 1. The first-order valence-electron chi connectivity index (χ1n) is 14.3. The van der Waals surface area contributed by atoms with Crippen LogP contribution in [0.5, 0.6) is 11.5 Å². The van der Waals surface area contributed by atoms with Gasteiger partial charge in [0.1, 0.15) is 17.1 Å². The predicted octanol–water partition coefficient (Wildman–Crippen LogP) is 4.54. The van der Waals surface area contributed by atoms with Crippen LogP contribution in [0.2, 0.25) is 0 Å². The minimum absolute atomic E-state index is 0.175. The van der Waals surface area contributed by atoms with Crippen molar-refractivity contribution in [1.82, 2.24) is 9.80 Å². The van der Waals surface area contributed by atoms with E-state index < -0.39 is 6.10 Å². The van der Waals surface area contributed by atoms with E-state index in [-0.39, 0.29) is 11.6 Å². The maximum atomic E-state index is 11.0. The van der Waals surface area contributed by atoms with Crippen LogP contribution in [-0.4, -0.2) is 86.5 Å². The fourth-order valence-electron chi connectivity index (χ4n) is 7.05. The Hall–Kier alpha value is -2.48. The molecule has 0 aromatic heterocycles. The molecule has 3 aliphatic rings. The summed E-state index contributed by atoms with van der Waals surface area (Å²) in [5.41, 5.74) is 6.87. The van der Waals surface area contributed by atoms with Crippen LogP contribution >= 0.6 is 0 Å². The van der Waals surface area contributed by atoms with E-state index in [1.807, 2.05) is 19.1 Å². The number of aliphatic hydroxyl groups is 1. The summed E-state index contributed by atoms with van der Waals surface area (Å²) in [7, 11) is 1.71. The third-order valence-electron chi connectivity index (χ3n) is 8.98. The molecule has 0 aliphatic carbocycles. The van der Waals surface area contributed by atoms with E-state index in [2.05, 4.69) is 66.4 Å². The first-order valence-corrected chi connectivity index (χ1v) is 14.3. The maximum absolute atomic E-state index is 11.0. The van der Waals surface area contributed by atoms with Gasteiger partial charge < -0.3 is 29.3 Å². The Balaban J connectivity index is 1.48. The third kappa shape index (κ3) is 4.74. The molecular weight excluding hydrogens is 476 g/mol. The van der Waals surface area contributed by atoms with Gasteiger partial charge in [-0.1, -0.05) is 6.92 Å². The molecule has 2 unspecified atom stereocenters. The number of methoxy groups -OCH3 is 1. The van der Waals surface area contributed by atoms with Crippen molar-refractivity contribution >= 4 is 11.4 Å². The standard InChI is InChI=1S/C31H46N4O3/c1-8-32-13-15-35(16-14-32)30-27-22(3)28(21(2)26(23(4)36)29(27)38-31(30,5)6)34-19-17-33(18-20-34)24-9-11-25(37-7)12-10-24/h9-12,23,30,36H,8,13-20H2,1-7H3. The summed E-state index contributed by atoms with van der Waals surface area (Å²) >= 11 is 0. The summed E-state index contributed by atoms with van der Waals surface area (Å²) in [6, 6.07) is 8.54. The number of fused-ring (bicyclic) bond motifs is 1. The van der Waals surface area contributed by atoms with Crippen LogP contribution < -0.4 is 19.3 Å². The second kappa shape index (κ2) is 10.6. The third-order valence-corrected chi connectivity index (χ3v) is 8.98. The Labute approximate surface area is 228 Å². The smallest absolute Gasteiger partial charge is 0.131 e. The van der Waals surface area contributed by atoms with E-state index in [1.165, 1.54) is 22.5 Å². The van der Waals surface area contributed by atoms with Crippen molar-refractivity contribution in [2.45, 2.75) is 59.3 Å². The van der Waals surface area contributed by atoms with Gasteiger partial charge in [-0.05, 0) is 76.6 Å². The Morgan fingerprint density at radius 2 is 1.55 bits per heavy atom. The number of likely N-dealkylation sites (N-methyl/N-ethyl adjacent to an activating group) is 1. The zero-order valence-electron chi connectivity index (χ0n) is 24.4. The van der Waals surface area contributed by atoms with Gasteiger partial charge in [0, 0.05) is 74.9 Å². The fraction of sp³-hybridized carbons (Fsp3) is 0.613. The van der Waals surface area contributed by atoms with Crippen molar-refractivity contribution in [3.05, 3.63) is 46.5 Å². The minimum atomic E-state index is -0.588. The summed E-state index contributed by atoms with van der Waals surface area (Å²) in [5, 5.41) is 11.0. The molecule has 3 heterocycles. The van der Waals surface area contributed by atoms with E-state index in [0.717, 1.165) is 81.5 Å². The van der Waals surface area contributed by atoms with Gasteiger partial charge in [0.25, 0.3) is 0 Å². The number of hydrogen-bond donors (Lipinski definition) is 1. The molecule has 0 bridgehead atoms. The van der Waals surface area contributed by atoms with Crippen LogP contribution in [-0.2, 0) is 0 Å². The molecule has 1 N–H and O–H groups in total. The number of piperazine rings is 2. The first-order chi connectivity index (χ1) is 18.2. The van der Waals surface area contributed by atoms with Crippen LogP contribution in [0.25, 0.3) is 0 Å². The van der Waals surface area contributed by atoms with E-state index in [4.69, 9.17) is 9.47 Å². The highest BCUT2D eigenvalue weighted by atomic mass is 16.5. The molecule has 0 radical (unpaired) electrons. The van der Waals surface area contributed by atoms with Crippen LogP contribution in [0.1, 0.15) is 62.1 Å². The lowest BCUT2D eigenvalue weighted by Gasteiger charge is -2.42. The Morgan fingerprint density at radius 3 is 2.11 bits per heavy atom. The van der Waals surface area contributed by atoms with Crippen molar-refractivity contribution in [1.29, 1.82) is 0 Å². The maximum Gasteiger partial charge on any atom is 0.131 e. The molecule has 0 saturated carbocycles. The summed E-state index contributed by atoms with van der Waals surface area (Å²) in [6.45, 7) is 22.2. The number of hydrogen-bond acceptors (Lipinski definition) is 7. The zero-order chi connectivity index (χ0) is 27.2. The van der Waals surface area contributed by atoms with Gasteiger partial charge in [-0.25, -0.2) is 0 Å². The molecular formula is C31H46N4O3. The predicted molar refractivity (Wildman–Crippen MR) is 155 cm³/mol. The topological polar surface area (TPSA) is 51.7 Å². The normalized spacial score (nSPS) is 22.8. The second-order valence-electron chi connectivity index (χ2n) is 11.7. The van der Waals surface area contributed by atoms with Crippen LogP contribution in [0, 0.1) is 13.8 Å². The number of ether oxygens (including phenoxy) is 2. The van der Waals surface area contributed by atoms with Crippen molar-refractivity contribution in [2.75, 3.05) is 75.8 Å². The van der Waals surface area contributed by atoms with Gasteiger partial charge in [0.2, 0.25) is 0 Å². The number of benzene rings is 2. The highest BCUT2D eigenvalue weighted by Gasteiger charge is 2.48. The Morgan fingerprint density at radius 1 is 0.947 bits per heavy atom. The molecule has 2 saturated heterocycles. The van der Waals surface area contributed by atoms with E-state index in [0.29, 0.717) is 0 Å². The SMILES string of the molecule is CCN1CCN(C2c3c(C)c(N4CCN(c5ccc(OC)cc5)CC4)c(C)c(C(C)O)c3OC2(C)C)CC1. The van der Waals surface area contributed by atoms with Crippen molar-refractivity contribution in [3.8, 4) is 11.5 Å². The lowest BCUT2D eigenvalue weighted by atomic mass is 9.85. The summed E-state index contributed by atoms with van der Waals surface area (Å²) in [5.74, 6) is 1.81. The molecule has 5 rings (SSSR count). The molecule has 38 heavy (non-hydrogen) atoms. The lowest BCUT2D eigenvalue weighted by molar-refractivity contribution is 0.00370. The molecule has 2 aromatic carbocycles. The summed E-state index contributed by atoms with van der Waals surface area (Å²) < 4.78 is 12.1. The van der Waals surface area contributed by atoms with Gasteiger partial charge in [-0.3, -0.25) is 4.90 Å². The van der Waals surface area contributed by atoms with Gasteiger partial charge in [0.15, 0.2) is 0 Å². The molecule has 2 aromatic rings. The molecule has 2 fully saturated rings. The number of nitrogens with zero attached hydrogens (tertiary/aromatic N) is 4. The largest absolute Gasteiger partial charge is 0.497 e. The van der Waals surface area contributed by atoms with Gasteiger partial charge >= 0.3 is 0 Å². The van der Waals surface area contributed by atoms with Gasteiger partial charge in [-0.2, -0.15) is 0 Å². The first kappa shape index (κ1) is 27.1. The molecule has 0 spiro atoms. The van der Waals surface area contributed by atoms with Crippen LogP contribution in [0.4, 0.5) is 11.4 Å². The van der Waals surface area contributed by atoms with Crippen molar-refractivity contribution < 1.29 is 14.6 Å². The number of rotatable bonds is 6. The van der Waals surface area contributed by atoms with Crippen molar-refractivity contribution in [3.63, 3.8) is 0 Å². The Kier molecular flexibility index (Phi) is 7.55. The van der Waals surface area contributed by atoms with Crippen LogP contribution in [0.3, 0.4) is 0 Å². The second-order valence-corrected chi connectivity index (χ2v) is 11.7. The highest BCUT2D eigenvalue weighted by molar-refractivity contribution is 5.72. The average molecular weight is 523 g/mol. The molecule has 7 heteroatoms. The fourth-order valence-corrected chi connectivity index (χ4v) is 7.05. The van der Waals surface area contributed by atoms with Gasteiger partial charge in [0.05, 0.1) is 19.3 Å². The van der Waals surface area contributed by atoms with Gasteiger partial charge in [-0.15, -0.1) is 0 Å². The van der Waals surface area contributed by atoms with E-state index in [9.17, 15) is 5.11 Å². The van der Waals surface area contributed by atoms with E-state index >= 15 is 0 Å².